The minimum atomic E-state index is -0.589. The lowest BCUT2D eigenvalue weighted by Crippen LogP contribution is -2.35. The van der Waals surface area contributed by atoms with E-state index in [0.29, 0.717) is 29.8 Å². The average Bonchev–Trinajstić information content (AvgIpc) is 2.44. The molecule has 0 fully saturated rings. The summed E-state index contributed by atoms with van der Waals surface area (Å²) in [4.78, 5) is 11.6. The lowest BCUT2D eigenvalue weighted by Gasteiger charge is -2.23. The molecule has 1 amide bonds. The highest BCUT2D eigenvalue weighted by Gasteiger charge is 2.23. The van der Waals surface area contributed by atoms with E-state index in [-0.39, 0.29) is 12.5 Å². The van der Waals surface area contributed by atoms with Crippen LogP contribution in [0.4, 0.5) is 5.69 Å². The summed E-state index contributed by atoms with van der Waals surface area (Å²) < 4.78 is 11.0. The molecule has 3 N–H and O–H groups in total. The fourth-order valence-electron chi connectivity index (χ4n) is 1.90. The maximum Gasteiger partial charge on any atom is 0.265 e. The smallest absolute Gasteiger partial charge is 0.265 e. The van der Waals surface area contributed by atoms with Crippen LogP contribution in [0, 0.1) is 0 Å². The molecule has 2 atom stereocenters. The van der Waals surface area contributed by atoms with Gasteiger partial charge in [-0.1, -0.05) is 13.8 Å². The Bertz CT molecular complexity index is 504. The molecule has 0 radical (unpaired) electrons. The zero-order valence-corrected chi connectivity index (χ0v) is 12.6. The van der Waals surface area contributed by atoms with Gasteiger partial charge in [0.05, 0.1) is 5.69 Å². The first-order valence-corrected chi connectivity index (χ1v) is 7.11. The molecule has 0 bridgehead atoms. The topological polar surface area (TPSA) is 79.8 Å². The number of ether oxygens (including phenoxy) is 2. The summed E-state index contributed by atoms with van der Waals surface area (Å²) in [6, 6.07) is 5.52. The third kappa shape index (κ3) is 4.34. The summed E-state index contributed by atoms with van der Waals surface area (Å²) in [6.07, 6.45) is -1.08. The highest BCUT2D eigenvalue weighted by molar-refractivity contribution is 5.97. The van der Waals surface area contributed by atoms with Crippen molar-refractivity contribution in [2.24, 2.45) is 0 Å². The van der Waals surface area contributed by atoms with Crippen LogP contribution in [0.1, 0.15) is 20.8 Å². The predicted molar refractivity (Wildman–Crippen MR) is 79.8 cm³/mol. The Kier molecular flexibility index (Phi) is 5.03. The first-order chi connectivity index (χ1) is 9.95. The van der Waals surface area contributed by atoms with Gasteiger partial charge in [-0.3, -0.25) is 4.79 Å². The van der Waals surface area contributed by atoms with E-state index in [4.69, 9.17) is 9.47 Å². The van der Waals surface area contributed by atoms with Gasteiger partial charge >= 0.3 is 0 Å². The maximum absolute atomic E-state index is 11.6. The van der Waals surface area contributed by atoms with Crippen molar-refractivity contribution >= 4 is 11.6 Å². The van der Waals surface area contributed by atoms with Crippen molar-refractivity contribution in [2.75, 3.05) is 18.5 Å². The van der Waals surface area contributed by atoms with Crippen LogP contribution in [0.25, 0.3) is 0 Å². The molecule has 1 aromatic rings. The number of amides is 1. The number of rotatable bonds is 6. The van der Waals surface area contributed by atoms with Crippen LogP contribution in [0.3, 0.4) is 0 Å². The summed E-state index contributed by atoms with van der Waals surface area (Å²) in [7, 11) is 0. The van der Waals surface area contributed by atoms with Crippen LogP contribution in [0.2, 0.25) is 0 Å². The highest BCUT2D eigenvalue weighted by atomic mass is 16.5. The second kappa shape index (κ2) is 6.78. The number of carbonyl (C=O) groups excluding carboxylic acids is 1. The van der Waals surface area contributed by atoms with Gasteiger partial charge in [0.25, 0.3) is 5.91 Å². The Morgan fingerprint density at radius 3 is 2.95 bits per heavy atom. The molecule has 0 aliphatic carbocycles. The van der Waals surface area contributed by atoms with Gasteiger partial charge in [0.1, 0.15) is 24.2 Å². The molecule has 21 heavy (non-hydrogen) atoms. The summed E-state index contributed by atoms with van der Waals surface area (Å²) in [5.74, 6) is 1.02. The molecule has 6 nitrogen and oxygen atoms in total. The number of fused-ring (bicyclic) bond motifs is 1. The zero-order valence-electron chi connectivity index (χ0n) is 12.6. The minimum absolute atomic E-state index is 0.180. The second-order valence-corrected chi connectivity index (χ2v) is 5.44. The van der Waals surface area contributed by atoms with Crippen molar-refractivity contribution in [3.8, 4) is 11.5 Å². The number of hydrogen-bond donors (Lipinski definition) is 3. The minimum Gasteiger partial charge on any atom is -0.491 e. The third-order valence-corrected chi connectivity index (χ3v) is 3.09. The predicted octanol–water partition coefficient (Wildman–Crippen LogP) is 1.14. The zero-order chi connectivity index (χ0) is 15.4. The number of benzene rings is 1. The van der Waals surface area contributed by atoms with Gasteiger partial charge < -0.3 is 25.2 Å². The molecular formula is C15H22N2O4. The molecule has 6 heteroatoms. The quantitative estimate of drug-likeness (QED) is 0.733. The fourth-order valence-corrected chi connectivity index (χ4v) is 1.90. The van der Waals surface area contributed by atoms with E-state index in [1.54, 1.807) is 25.1 Å². The summed E-state index contributed by atoms with van der Waals surface area (Å²) in [6.45, 7) is 6.38. The Morgan fingerprint density at radius 1 is 1.48 bits per heavy atom. The van der Waals surface area contributed by atoms with Gasteiger partial charge in [0.15, 0.2) is 6.10 Å². The maximum atomic E-state index is 11.6. The number of aliphatic hydroxyl groups is 1. The standard InChI is InChI=1S/C15H22N2O4/c1-9(2)16-7-11(18)8-20-12-4-5-14-13(6-12)17-15(19)10(3)21-14/h4-6,9-11,16,18H,7-8H2,1-3H3,(H,17,19). The van der Waals surface area contributed by atoms with Crippen molar-refractivity contribution < 1.29 is 19.4 Å². The van der Waals surface area contributed by atoms with Crippen LogP contribution < -0.4 is 20.1 Å². The summed E-state index contributed by atoms with van der Waals surface area (Å²) in [5, 5.41) is 15.7. The van der Waals surface area contributed by atoms with E-state index in [9.17, 15) is 9.90 Å². The van der Waals surface area contributed by atoms with Crippen LogP contribution in [0.15, 0.2) is 18.2 Å². The molecule has 0 saturated heterocycles. The van der Waals surface area contributed by atoms with Gasteiger partial charge in [-0.2, -0.15) is 0 Å². The molecule has 2 rings (SSSR count). The average molecular weight is 294 g/mol. The van der Waals surface area contributed by atoms with Gasteiger partial charge in [-0.25, -0.2) is 0 Å². The lowest BCUT2D eigenvalue weighted by atomic mass is 10.2. The van der Waals surface area contributed by atoms with E-state index in [1.807, 2.05) is 13.8 Å². The van der Waals surface area contributed by atoms with E-state index in [0.717, 1.165) is 0 Å². The van der Waals surface area contributed by atoms with Gasteiger partial charge in [-0.15, -0.1) is 0 Å². The molecule has 2 unspecified atom stereocenters. The summed E-state index contributed by atoms with van der Waals surface area (Å²) in [5.41, 5.74) is 0.588. The fraction of sp³-hybridized carbons (Fsp3) is 0.533. The van der Waals surface area contributed by atoms with E-state index in [2.05, 4.69) is 10.6 Å². The van der Waals surface area contributed by atoms with Gasteiger partial charge in [0.2, 0.25) is 0 Å². The molecule has 1 aliphatic heterocycles. The number of hydrogen-bond acceptors (Lipinski definition) is 5. The van der Waals surface area contributed by atoms with Crippen molar-refractivity contribution in [3.05, 3.63) is 18.2 Å². The van der Waals surface area contributed by atoms with Gasteiger partial charge in [0, 0.05) is 18.7 Å². The second-order valence-electron chi connectivity index (χ2n) is 5.44. The Labute approximate surface area is 124 Å². The van der Waals surface area contributed by atoms with Crippen LogP contribution in [0.5, 0.6) is 11.5 Å². The van der Waals surface area contributed by atoms with E-state index in [1.165, 1.54) is 0 Å². The van der Waals surface area contributed by atoms with Crippen molar-refractivity contribution in [1.29, 1.82) is 0 Å². The molecule has 116 valence electrons. The Balaban J connectivity index is 1.90. The number of anilines is 1. The summed E-state index contributed by atoms with van der Waals surface area (Å²) >= 11 is 0. The highest BCUT2D eigenvalue weighted by Crippen LogP contribution is 2.32. The molecule has 0 aromatic heterocycles. The molecule has 1 aromatic carbocycles. The SMILES string of the molecule is CC(C)NCC(O)COc1ccc2c(c1)NC(=O)C(C)O2. The number of carbonyl (C=O) groups is 1. The Hall–Kier alpha value is -1.79. The normalized spacial score (nSPS) is 18.7. The number of nitrogens with one attached hydrogen (secondary N) is 2. The van der Waals surface area contributed by atoms with E-state index < -0.39 is 12.2 Å². The lowest BCUT2D eigenvalue weighted by molar-refractivity contribution is -0.122. The van der Waals surface area contributed by atoms with Gasteiger partial charge in [-0.05, 0) is 19.1 Å². The van der Waals surface area contributed by atoms with Crippen LogP contribution >= 0.6 is 0 Å². The van der Waals surface area contributed by atoms with E-state index >= 15 is 0 Å². The molecule has 0 spiro atoms. The van der Waals surface area contributed by atoms with Crippen molar-refractivity contribution in [3.63, 3.8) is 0 Å². The van der Waals surface area contributed by atoms with Crippen molar-refractivity contribution in [1.82, 2.24) is 5.32 Å². The Morgan fingerprint density at radius 2 is 2.24 bits per heavy atom. The van der Waals surface area contributed by atoms with Crippen LogP contribution in [-0.4, -0.2) is 42.4 Å². The molecule has 1 heterocycles. The number of aliphatic hydroxyl groups excluding tert-OH is 1. The molecular weight excluding hydrogens is 272 g/mol. The third-order valence-electron chi connectivity index (χ3n) is 3.09. The first kappa shape index (κ1) is 15.6. The largest absolute Gasteiger partial charge is 0.491 e. The molecule has 0 saturated carbocycles. The monoisotopic (exact) mass is 294 g/mol. The first-order valence-electron chi connectivity index (χ1n) is 7.11. The van der Waals surface area contributed by atoms with Crippen molar-refractivity contribution in [2.45, 2.75) is 39.0 Å². The van der Waals surface area contributed by atoms with Crippen LogP contribution in [-0.2, 0) is 4.79 Å². The molecule has 1 aliphatic rings.